The third-order valence-corrected chi connectivity index (χ3v) is 5.20. The Labute approximate surface area is 191 Å². The highest BCUT2D eigenvalue weighted by Crippen LogP contribution is 2.33. The number of carbonyl (C=O) groups excluding carboxylic acids is 2. The number of amides is 1. The average molecular weight is 444 g/mol. The van der Waals surface area contributed by atoms with Crippen LogP contribution in [-0.4, -0.2) is 40.1 Å². The molecule has 3 heterocycles. The van der Waals surface area contributed by atoms with Gasteiger partial charge in [-0.2, -0.15) is 0 Å². The number of hydrogen-bond acceptors (Lipinski definition) is 6. The molecule has 0 saturated carbocycles. The van der Waals surface area contributed by atoms with Gasteiger partial charge >= 0.3 is 5.97 Å². The molecule has 33 heavy (non-hydrogen) atoms. The van der Waals surface area contributed by atoms with E-state index < -0.39 is 5.97 Å². The molecule has 8 nitrogen and oxygen atoms in total. The maximum Gasteiger partial charge on any atom is 0.356 e. The van der Waals surface area contributed by atoms with E-state index in [2.05, 4.69) is 27.5 Å². The Hall–Kier alpha value is -4.20. The molecule has 2 N–H and O–H groups in total. The second kappa shape index (κ2) is 9.95. The van der Waals surface area contributed by atoms with Gasteiger partial charge in [-0.1, -0.05) is 37.3 Å². The summed E-state index contributed by atoms with van der Waals surface area (Å²) in [6, 6.07) is 15.0. The first kappa shape index (κ1) is 22.0. The number of aromatic nitrogens is 3. The minimum Gasteiger partial charge on any atom is -0.464 e. The molecule has 0 saturated heterocycles. The van der Waals surface area contributed by atoms with Gasteiger partial charge in [0.1, 0.15) is 5.65 Å². The molecule has 168 valence electrons. The molecular formula is C25H25N5O3. The van der Waals surface area contributed by atoms with Crippen molar-refractivity contribution in [2.24, 2.45) is 0 Å². The van der Waals surface area contributed by atoms with Crippen molar-refractivity contribution in [2.75, 3.05) is 24.3 Å². The van der Waals surface area contributed by atoms with Gasteiger partial charge in [0.2, 0.25) is 0 Å². The van der Waals surface area contributed by atoms with Gasteiger partial charge in [0.05, 0.1) is 30.2 Å². The summed E-state index contributed by atoms with van der Waals surface area (Å²) >= 11 is 0. The molecule has 4 rings (SSSR count). The summed E-state index contributed by atoms with van der Waals surface area (Å²) < 4.78 is 6.88. The number of pyridine rings is 2. The highest BCUT2D eigenvalue weighted by atomic mass is 16.5. The second-order valence-electron chi connectivity index (χ2n) is 7.50. The highest BCUT2D eigenvalue weighted by Gasteiger charge is 2.26. The van der Waals surface area contributed by atoms with Gasteiger partial charge in [0.15, 0.2) is 5.69 Å². The van der Waals surface area contributed by atoms with E-state index in [1.807, 2.05) is 36.4 Å². The largest absolute Gasteiger partial charge is 0.464 e. The van der Waals surface area contributed by atoms with Crippen LogP contribution in [0.4, 0.5) is 11.4 Å². The number of nitrogens with one attached hydrogen (secondary N) is 2. The first-order chi connectivity index (χ1) is 16.1. The van der Waals surface area contributed by atoms with Crippen molar-refractivity contribution in [2.45, 2.75) is 19.9 Å². The molecule has 0 spiro atoms. The molecule has 1 aromatic carbocycles. The van der Waals surface area contributed by atoms with Gasteiger partial charge in [0, 0.05) is 30.9 Å². The van der Waals surface area contributed by atoms with Crippen molar-refractivity contribution < 1.29 is 14.3 Å². The first-order valence-electron chi connectivity index (χ1n) is 10.7. The molecule has 8 heteroatoms. The summed E-state index contributed by atoms with van der Waals surface area (Å²) in [5.74, 6) is -0.938. The number of methoxy groups -OCH3 is 1. The van der Waals surface area contributed by atoms with E-state index in [-0.39, 0.29) is 11.6 Å². The number of anilines is 2. The van der Waals surface area contributed by atoms with Crippen molar-refractivity contribution in [1.82, 2.24) is 14.5 Å². The van der Waals surface area contributed by atoms with Crippen molar-refractivity contribution in [1.29, 1.82) is 0 Å². The van der Waals surface area contributed by atoms with E-state index in [1.54, 1.807) is 29.1 Å². The van der Waals surface area contributed by atoms with E-state index in [0.717, 1.165) is 24.2 Å². The van der Waals surface area contributed by atoms with Crippen LogP contribution in [0.15, 0.2) is 67.1 Å². The van der Waals surface area contributed by atoms with Gasteiger partial charge in [0.25, 0.3) is 5.91 Å². The number of hydrogen-bond donors (Lipinski definition) is 2. The molecule has 3 aromatic heterocycles. The van der Waals surface area contributed by atoms with Crippen LogP contribution in [0.3, 0.4) is 0 Å². The minimum absolute atomic E-state index is 0.230. The molecule has 0 unspecified atom stereocenters. The van der Waals surface area contributed by atoms with E-state index in [0.29, 0.717) is 28.8 Å². The van der Waals surface area contributed by atoms with Crippen LogP contribution in [0.1, 0.15) is 39.8 Å². The lowest BCUT2D eigenvalue weighted by Crippen LogP contribution is -2.17. The monoisotopic (exact) mass is 443 g/mol. The fraction of sp³-hybridized carbons (Fsp3) is 0.200. The summed E-state index contributed by atoms with van der Waals surface area (Å²) in [5.41, 5.74) is 3.32. The van der Waals surface area contributed by atoms with Crippen LogP contribution in [-0.2, 0) is 11.3 Å². The summed E-state index contributed by atoms with van der Waals surface area (Å²) in [5, 5.41) is 6.86. The lowest BCUT2D eigenvalue weighted by Gasteiger charge is -2.11. The Morgan fingerprint density at radius 3 is 2.61 bits per heavy atom. The summed E-state index contributed by atoms with van der Waals surface area (Å²) in [6.45, 7) is 3.24. The molecule has 4 aromatic rings. The van der Waals surface area contributed by atoms with Crippen LogP contribution in [0.25, 0.3) is 11.0 Å². The quantitative estimate of drug-likeness (QED) is 0.393. The van der Waals surface area contributed by atoms with Gasteiger partial charge < -0.3 is 19.9 Å². The zero-order valence-electron chi connectivity index (χ0n) is 18.5. The predicted molar refractivity (Wildman–Crippen MR) is 128 cm³/mol. The molecule has 0 aliphatic rings. The maximum absolute atomic E-state index is 13.0. The van der Waals surface area contributed by atoms with Gasteiger partial charge in [-0.05, 0) is 30.2 Å². The van der Waals surface area contributed by atoms with E-state index in [1.165, 1.54) is 13.3 Å². The number of ether oxygens (including phenoxy) is 1. The van der Waals surface area contributed by atoms with Crippen molar-refractivity contribution in [3.05, 3.63) is 83.9 Å². The first-order valence-corrected chi connectivity index (χ1v) is 10.7. The average Bonchev–Trinajstić information content (AvgIpc) is 3.15. The Balaban J connectivity index is 1.89. The molecule has 1 amide bonds. The molecule has 0 aliphatic carbocycles. The second-order valence-corrected chi connectivity index (χ2v) is 7.50. The number of nitrogens with zero attached hydrogens (tertiary/aromatic N) is 3. The molecule has 0 atom stereocenters. The number of carbonyl (C=O) groups is 2. The summed E-state index contributed by atoms with van der Waals surface area (Å²) in [6.07, 6.45) is 5.75. The van der Waals surface area contributed by atoms with Crippen LogP contribution in [0.2, 0.25) is 0 Å². The van der Waals surface area contributed by atoms with Crippen molar-refractivity contribution in [3.63, 3.8) is 0 Å². The van der Waals surface area contributed by atoms with Crippen LogP contribution >= 0.6 is 0 Å². The normalized spacial score (nSPS) is 10.7. The van der Waals surface area contributed by atoms with Crippen LogP contribution in [0.5, 0.6) is 0 Å². The van der Waals surface area contributed by atoms with Crippen molar-refractivity contribution >= 4 is 34.3 Å². The van der Waals surface area contributed by atoms with E-state index in [4.69, 9.17) is 4.74 Å². The number of esters is 1. The Morgan fingerprint density at radius 1 is 1.09 bits per heavy atom. The van der Waals surface area contributed by atoms with Crippen molar-refractivity contribution in [3.8, 4) is 0 Å². The Kier molecular flexibility index (Phi) is 6.64. The number of benzene rings is 1. The van der Waals surface area contributed by atoms with Gasteiger partial charge in [-0.15, -0.1) is 0 Å². The Bertz CT molecular complexity index is 1270. The molecular weight excluding hydrogens is 418 g/mol. The van der Waals surface area contributed by atoms with Crippen LogP contribution < -0.4 is 10.6 Å². The molecule has 0 radical (unpaired) electrons. The van der Waals surface area contributed by atoms with E-state index in [9.17, 15) is 9.59 Å². The number of rotatable bonds is 8. The SMILES string of the molecule is CCCNc1cnc2c(c1)c(NC(=O)c1cccnc1)c(C(=O)OC)n2Cc1ccccc1. The lowest BCUT2D eigenvalue weighted by molar-refractivity contribution is 0.0591. The summed E-state index contributed by atoms with van der Waals surface area (Å²) in [4.78, 5) is 34.6. The molecule has 0 bridgehead atoms. The standard InChI is InChI=1S/C25H25N5O3/c1-3-11-27-19-13-20-21(29-24(31)18-10-7-12-26-14-18)22(25(32)33-2)30(23(20)28-15-19)16-17-8-5-4-6-9-17/h4-10,12-15,27H,3,11,16H2,1-2H3,(H,29,31). The number of fused-ring (bicyclic) bond motifs is 1. The zero-order chi connectivity index (χ0) is 23.2. The maximum atomic E-state index is 13.0. The zero-order valence-corrected chi connectivity index (χ0v) is 18.5. The van der Waals surface area contributed by atoms with E-state index >= 15 is 0 Å². The Morgan fingerprint density at radius 2 is 1.91 bits per heavy atom. The van der Waals surface area contributed by atoms with Gasteiger partial charge in [-0.3, -0.25) is 9.78 Å². The smallest absolute Gasteiger partial charge is 0.356 e. The predicted octanol–water partition coefficient (Wildman–Crippen LogP) is 4.34. The minimum atomic E-state index is -0.562. The fourth-order valence-electron chi connectivity index (χ4n) is 3.63. The highest BCUT2D eigenvalue weighted by molar-refractivity contribution is 6.14. The van der Waals surface area contributed by atoms with Crippen LogP contribution in [0, 0.1) is 0 Å². The van der Waals surface area contributed by atoms with Gasteiger partial charge in [-0.25, -0.2) is 9.78 Å². The summed E-state index contributed by atoms with van der Waals surface area (Å²) in [7, 11) is 1.32. The topological polar surface area (TPSA) is 98.1 Å². The lowest BCUT2D eigenvalue weighted by atomic mass is 10.2. The third-order valence-electron chi connectivity index (χ3n) is 5.20. The third kappa shape index (κ3) is 4.69. The molecule has 0 fully saturated rings. The fourth-order valence-corrected chi connectivity index (χ4v) is 3.63. The molecule has 0 aliphatic heterocycles.